The predicted molar refractivity (Wildman–Crippen MR) is 126 cm³/mol. The van der Waals surface area contributed by atoms with E-state index < -0.39 is 26.6 Å². The predicted octanol–water partition coefficient (Wildman–Crippen LogP) is 4.12. The van der Waals surface area contributed by atoms with Crippen LogP contribution in [0.5, 0.6) is 0 Å². The fourth-order valence-electron chi connectivity index (χ4n) is 4.28. The van der Waals surface area contributed by atoms with Gasteiger partial charge in [0.05, 0.1) is 22.3 Å². The third-order valence-electron chi connectivity index (χ3n) is 6.16. The van der Waals surface area contributed by atoms with Crippen LogP contribution in [0.25, 0.3) is 22.2 Å². The molecule has 0 spiro atoms. The van der Waals surface area contributed by atoms with Gasteiger partial charge in [0, 0.05) is 35.6 Å². The molecule has 3 aromatic heterocycles. The molecule has 0 atom stereocenters. The first-order chi connectivity index (χ1) is 16.3. The molecule has 4 heterocycles. The quantitative estimate of drug-likeness (QED) is 0.460. The fourth-order valence-corrected chi connectivity index (χ4v) is 5.63. The van der Waals surface area contributed by atoms with Gasteiger partial charge in [0.15, 0.2) is 11.6 Å². The van der Waals surface area contributed by atoms with Gasteiger partial charge in [0.2, 0.25) is 0 Å². The van der Waals surface area contributed by atoms with Crippen molar-refractivity contribution in [1.82, 2.24) is 18.8 Å². The lowest BCUT2D eigenvalue weighted by atomic mass is 10.1. The topological polar surface area (TPSA) is 80.1 Å². The summed E-state index contributed by atoms with van der Waals surface area (Å²) < 4.78 is 57.5. The highest BCUT2D eigenvalue weighted by atomic mass is 32.2. The van der Waals surface area contributed by atoms with E-state index in [2.05, 4.69) is 20.2 Å². The van der Waals surface area contributed by atoms with Crippen molar-refractivity contribution < 1.29 is 17.2 Å². The molecule has 1 aliphatic rings. The van der Waals surface area contributed by atoms with E-state index in [1.807, 2.05) is 13.1 Å². The van der Waals surface area contributed by atoms with Crippen molar-refractivity contribution in [3.63, 3.8) is 0 Å². The highest BCUT2D eigenvalue weighted by Crippen LogP contribution is 2.31. The zero-order valence-corrected chi connectivity index (χ0v) is 19.3. The molecule has 1 saturated heterocycles. The molecule has 0 bridgehead atoms. The van der Waals surface area contributed by atoms with Crippen molar-refractivity contribution in [2.45, 2.75) is 23.8 Å². The van der Waals surface area contributed by atoms with Crippen molar-refractivity contribution in [3.05, 3.63) is 72.8 Å². The maximum atomic E-state index is 14.9. The number of nitrogens with zero attached hydrogens (tertiary/aromatic N) is 4. The molecular formula is C24H23F2N5O2S. The molecule has 5 rings (SSSR count). The van der Waals surface area contributed by atoms with Gasteiger partial charge in [-0.3, -0.25) is 9.97 Å². The van der Waals surface area contributed by atoms with Crippen LogP contribution in [0.3, 0.4) is 0 Å². The van der Waals surface area contributed by atoms with Crippen LogP contribution in [0.15, 0.2) is 66.1 Å². The molecular weight excluding hydrogens is 460 g/mol. The van der Waals surface area contributed by atoms with Crippen LogP contribution >= 0.6 is 0 Å². The molecule has 0 saturated carbocycles. The van der Waals surface area contributed by atoms with Crippen LogP contribution in [-0.2, 0) is 10.0 Å². The number of aromatic nitrogens is 3. The SMILES string of the molecule is CN1CCC(Nc2c(F)cc(S(=O)(=O)n3ccc4c(-c5ccccn5)cncc43)cc2F)CC1. The molecule has 4 aromatic rings. The number of nitrogens with one attached hydrogen (secondary N) is 1. The molecule has 1 aliphatic heterocycles. The van der Waals surface area contributed by atoms with E-state index in [0.717, 1.165) is 42.0 Å². The summed E-state index contributed by atoms with van der Waals surface area (Å²) in [6, 6.07) is 8.66. The molecule has 34 heavy (non-hydrogen) atoms. The number of likely N-dealkylation sites (tertiary alicyclic amines) is 1. The van der Waals surface area contributed by atoms with Gasteiger partial charge in [-0.25, -0.2) is 21.2 Å². The monoisotopic (exact) mass is 483 g/mol. The third kappa shape index (κ3) is 4.03. The maximum absolute atomic E-state index is 14.9. The zero-order chi connectivity index (χ0) is 23.9. The van der Waals surface area contributed by atoms with E-state index in [1.165, 1.54) is 12.4 Å². The second-order valence-corrected chi connectivity index (χ2v) is 10.3. The Morgan fingerprint density at radius 2 is 1.79 bits per heavy atom. The molecule has 10 heteroatoms. The fraction of sp³-hybridized carbons (Fsp3) is 0.250. The van der Waals surface area contributed by atoms with Gasteiger partial charge < -0.3 is 10.2 Å². The van der Waals surface area contributed by atoms with Gasteiger partial charge >= 0.3 is 0 Å². The van der Waals surface area contributed by atoms with E-state index in [4.69, 9.17) is 0 Å². The standard InChI is InChI=1S/C24H23F2N5O2S/c1-30-9-5-16(6-10-30)29-24-20(25)12-17(13-21(24)26)34(32,33)31-11-7-18-19(14-27-15-23(18)31)22-4-2-3-8-28-22/h2-4,7-8,11-16,29H,5-6,9-10H2,1H3. The van der Waals surface area contributed by atoms with Gasteiger partial charge in [-0.1, -0.05) is 6.07 Å². The first kappa shape index (κ1) is 22.4. The van der Waals surface area contributed by atoms with Gasteiger partial charge in [0.25, 0.3) is 10.0 Å². The molecule has 176 valence electrons. The number of rotatable bonds is 5. The molecule has 1 aromatic carbocycles. The average molecular weight is 484 g/mol. The van der Waals surface area contributed by atoms with Crippen molar-refractivity contribution >= 4 is 26.6 Å². The maximum Gasteiger partial charge on any atom is 0.268 e. The molecule has 7 nitrogen and oxygen atoms in total. The van der Waals surface area contributed by atoms with Gasteiger partial charge in [0.1, 0.15) is 5.69 Å². The van der Waals surface area contributed by atoms with E-state index in [9.17, 15) is 17.2 Å². The Labute approximate surface area is 196 Å². The van der Waals surface area contributed by atoms with Crippen LogP contribution in [0.4, 0.5) is 14.5 Å². The van der Waals surface area contributed by atoms with Gasteiger partial charge in [-0.15, -0.1) is 0 Å². The summed E-state index contributed by atoms with van der Waals surface area (Å²) in [6.45, 7) is 1.64. The first-order valence-corrected chi connectivity index (χ1v) is 12.3. The Bertz CT molecular complexity index is 1430. The second kappa shape index (κ2) is 8.77. The lowest BCUT2D eigenvalue weighted by Gasteiger charge is -2.30. The summed E-state index contributed by atoms with van der Waals surface area (Å²) in [5.74, 6) is -1.89. The highest BCUT2D eigenvalue weighted by Gasteiger charge is 2.26. The summed E-state index contributed by atoms with van der Waals surface area (Å²) in [5, 5.41) is 3.52. The number of fused-ring (bicyclic) bond motifs is 1. The van der Waals surface area contributed by atoms with Crippen LogP contribution in [0.2, 0.25) is 0 Å². The Kier molecular flexibility index (Phi) is 5.78. The highest BCUT2D eigenvalue weighted by molar-refractivity contribution is 7.90. The van der Waals surface area contributed by atoms with E-state index in [-0.39, 0.29) is 17.2 Å². The van der Waals surface area contributed by atoms with Crippen LogP contribution < -0.4 is 5.32 Å². The van der Waals surface area contributed by atoms with Crippen LogP contribution in [0.1, 0.15) is 12.8 Å². The largest absolute Gasteiger partial charge is 0.377 e. The minimum atomic E-state index is -4.28. The smallest absolute Gasteiger partial charge is 0.268 e. The average Bonchev–Trinajstić information content (AvgIpc) is 3.28. The Hall–Kier alpha value is -3.37. The van der Waals surface area contributed by atoms with Gasteiger partial charge in [-0.05, 0) is 63.3 Å². The van der Waals surface area contributed by atoms with Crippen LogP contribution in [0, 0.1) is 11.6 Å². The van der Waals surface area contributed by atoms with Crippen molar-refractivity contribution in [2.75, 3.05) is 25.5 Å². The van der Waals surface area contributed by atoms with Crippen LogP contribution in [-0.4, -0.2) is 53.4 Å². The van der Waals surface area contributed by atoms with E-state index in [1.54, 1.807) is 30.6 Å². The number of benzene rings is 1. The van der Waals surface area contributed by atoms with Crippen molar-refractivity contribution in [2.24, 2.45) is 0 Å². The molecule has 1 fully saturated rings. The Morgan fingerprint density at radius 1 is 1.06 bits per heavy atom. The number of pyridine rings is 2. The molecule has 0 radical (unpaired) electrons. The summed E-state index contributed by atoms with van der Waals surface area (Å²) in [6.07, 6.45) is 7.49. The zero-order valence-electron chi connectivity index (χ0n) is 18.4. The molecule has 0 aliphatic carbocycles. The summed E-state index contributed by atoms with van der Waals surface area (Å²) in [7, 11) is -2.28. The molecule has 1 N–H and O–H groups in total. The minimum absolute atomic E-state index is 0.0767. The summed E-state index contributed by atoms with van der Waals surface area (Å²) in [4.78, 5) is 10.1. The number of hydrogen-bond acceptors (Lipinski definition) is 6. The number of anilines is 1. The molecule has 0 unspecified atom stereocenters. The lowest BCUT2D eigenvalue weighted by Crippen LogP contribution is -2.37. The summed E-state index contributed by atoms with van der Waals surface area (Å²) >= 11 is 0. The normalized spacial score (nSPS) is 15.6. The van der Waals surface area contributed by atoms with Gasteiger partial charge in [-0.2, -0.15) is 0 Å². The number of halogens is 2. The summed E-state index contributed by atoms with van der Waals surface area (Å²) in [5.41, 5.74) is 1.28. The van der Waals surface area contributed by atoms with Crippen molar-refractivity contribution in [3.8, 4) is 11.3 Å². The second-order valence-electron chi connectivity index (χ2n) is 8.44. The Balaban J connectivity index is 1.51. The Morgan fingerprint density at radius 3 is 2.47 bits per heavy atom. The lowest BCUT2D eigenvalue weighted by molar-refractivity contribution is 0.263. The third-order valence-corrected chi connectivity index (χ3v) is 7.83. The van der Waals surface area contributed by atoms with E-state index in [0.29, 0.717) is 16.6 Å². The first-order valence-electron chi connectivity index (χ1n) is 10.9. The number of piperidine rings is 1. The minimum Gasteiger partial charge on any atom is -0.377 e. The van der Waals surface area contributed by atoms with Crippen molar-refractivity contribution in [1.29, 1.82) is 0 Å². The molecule has 0 amide bonds. The number of hydrogen-bond donors (Lipinski definition) is 1. The van der Waals surface area contributed by atoms with E-state index >= 15 is 0 Å².